The van der Waals surface area contributed by atoms with Crippen molar-refractivity contribution in [1.29, 1.82) is 0 Å². The Labute approximate surface area is 187 Å². The molecule has 31 heavy (non-hydrogen) atoms. The largest absolute Gasteiger partial charge is 0.344 e. The van der Waals surface area contributed by atoms with Crippen LogP contribution in [0.15, 0.2) is 82.6 Å². The molecule has 2 nitrogen and oxygen atoms in total. The van der Waals surface area contributed by atoms with E-state index in [1.54, 1.807) is 0 Å². The molecule has 0 saturated heterocycles. The normalized spacial score (nSPS) is 13.0. The van der Waals surface area contributed by atoms with Gasteiger partial charge in [0.25, 0.3) is 0 Å². The van der Waals surface area contributed by atoms with Crippen molar-refractivity contribution in [3.63, 3.8) is 0 Å². The lowest BCUT2D eigenvalue weighted by atomic mass is 10.0. The molecule has 1 aliphatic heterocycles. The van der Waals surface area contributed by atoms with Crippen molar-refractivity contribution in [1.82, 2.24) is 4.57 Å². The average molecular weight is 421 g/mol. The molecular formula is C28H24N2S. The number of aromatic nitrogens is 1. The van der Waals surface area contributed by atoms with E-state index in [0.29, 0.717) is 0 Å². The number of anilines is 2. The van der Waals surface area contributed by atoms with Gasteiger partial charge in [0, 0.05) is 45.7 Å². The molecule has 4 aromatic carbocycles. The van der Waals surface area contributed by atoms with Crippen LogP contribution in [0.5, 0.6) is 0 Å². The van der Waals surface area contributed by atoms with Crippen LogP contribution in [0, 0.1) is 13.8 Å². The van der Waals surface area contributed by atoms with Gasteiger partial charge in [-0.1, -0.05) is 48.2 Å². The van der Waals surface area contributed by atoms with Gasteiger partial charge in [-0.15, -0.1) is 0 Å². The number of nitrogens with zero attached hydrogens (tertiary/aromatic N) is 2. The summed E-state index contributed by atoms with van der Waals surface area (Å²) >= 11 is 1.87. The number of benzene rings is 4. The van der Waals surface area contributed by atoms with Gasteiger partial charge >= 0.3 is 0 Å². The average Bonchev–Trinajstić information content (AvgIpc) is 3.04. The first-order chi connectivity index (χ1) is 15.0. The summed E-state index contributed by atoms with van der Waals surface area (Å²) in [5, 5.41) is 2.64. The minimum Gasteiger partial charge on any atom is -0.344 e. The molecule has 0 fully saturated rings. The molecular weight excluding hydrogens is 396 g/mol. The molecule has 152 valence electrons. The first-order valence-electron chi connectivity index (χ1n) is 10.6. The Hall–Kier alpha value is -3.17. The van der Waals surface area contributed by atoms with Crippen LogP contribution >= 0.6 is 11.8 Å². The van der Waals surface area contributed by atoms with Gasteiger partial charge in [-0.2, -0.15) is 0 Å². The number of fused-ring (bicyclic) bond motifs is 5. The predicted molar refractivity (Wildman–Crippen MR) is 134 cm³/mol. The molecule has 0 bridgehead atoms. The van der Waals surface area contributed by atoms with E-state index in [9.17, 15) is 0 Å². The van der Waals surface area contributed by atoms with E-state index in [2.05, 4.69) is 110 Å². The molecule has 2 heterocycles. The SMILES string of the molecule is Cc1ccc2c(c1)Sc1cc(-c3ccc4c5ccc(C)cc5n(C)c4c3)ccc1N2C. The first kappa shape index (κ1) is 18.6. The second-order valence-electron chi connectivity index (χ2n) is 8.63. The van der Waals surface area contributed by atoms with E-state index in [4.69, 9.17) is 0 Å². The molecule has 0 unspecified atom stereocenters. The smallest absolute Gasteiger partial charge is 0.0550 e. The van der Waals surface area contributed by atoms with Crippen LogP contribution in [0.25, 0.3) is 32.9 Å². The fourth-order valence-corrected chi connectivity index (χ4v) is 6.06. The highest BCUT2D eigenvalue weighted by Gasteiger charge is 2.21. The summed E-state index contributed by atoms with van der Waals surface area (Å²) in [6, 6.07) is 27.2. The minimum absolute atomic E-state index is 1.26. The molecule has 0 amide bonds. The lowest BCUT2D eigenvalue weighted by molar-refractivity contribution is 1.01. The van der Waals surface area contributed by atoms with E-state index in [-0.39, 0.29) is 0 Å². The standard InChI is InChI=1S/C28H24N2S/c1-17-5-9-21-22-10-7-19(15-26(22)30(4)25(21)13-17)20-8-12-24-28(16-20)31-27-14-18(2)6-11-23(27)29(24)3/h5-16H,1-4H3. The molecule has 0 spiro atoms. The van der Waals surface area contributed by atoms with E-state index in [0.717, 1.165) is 0 Å². The topological polar surface area (TPSA) is 8.17 Å². The fraction of sp³-hybridized carbons (Fsp3) is 0.143. The maximum Gasteiger partial charge on any atom is 0.0550 e. The van der Waals surface area contributed by atoms with Crippen LogP contribution in [0.2, 0.25) is 0 Å². The van der Waals surface area contributed by atoms with E-state index in [1.165, 1.54) is 65.2 Å². The van der Waals surface area contributed by atoms with Gasteiger partial charge in [-0.05, 0) is 72.5 Å². The van der Waals surface area contributed by atoms with Crippen molar-refractivity contribution in [2.24, 2.45) is 7.05 Å². The van der Waals surface area contributed by atoms with Crippen molar-refractivity contribution in [3.8, 4) is 11.1 Å². The van der Waals surface area contributed by atoms with Crippen molar-refractivity contribution >= 4 is 44.9 Å². The summed E-state index contributed by atoms with van der Waals surface area (Å²) in [6.45, 7) is 4.32. The highest BCUT2D eigenvalue weighted by molar-refractivity contribution is 7.99. The first-order valence-corrected chi connectivity index (χ1v) is 11.5. The summed E-state index contributed by atoms with van der Waals surface area (Å²) in [5.41, 5.74) is 10.2. The molecule has 5 aromatic rings. The Kier molecular flexibility index (Phi) is 4.00. The predicted octanol–water partition coefficient (Wildman–Crippen LogP) is 7.85. The Morgan fingerprint density at radius 1 is 0.581 bits per heavy atom. The Bertz CT molecular complexity index is 1510. The fourth-order valence-electron chi connectivity index (χ4n) is 4.77. The van der Waals surface area contributed by atoms with Crippen molar-refractivity contribution in [3.05, 3.63) is 83.9 Å². The lowest BCUT2D eigenvalue weighted by Crippen LogP contribution is -2.14. The third-order valence-corrected chi connectivity index (χ3v) is 7.61. The zero-order valence-corrected chi connectivity index (χ0v) is 19.0. The molecule has 0 aliphatic carbocycles. The number of hydrogen-bond donors (Lipinski definition) is 0. The van der Waals surface area contributed by atoms with Crippen LogP contribution in [-0.4, -0.2) is 11.6 Å². The highest BCUT2D eigenvalue weighted by atomic mass is 32.2. The summed E-state index contributed by atoms with van der Waals surface area (Å²) in [4.78, 5) is 4.94. The van der Waals surface area contributed by atoms with E-state index >= 15 is 0 Å². The van der Waals surface area contributed by atoms with Crippen LogP contribution in [0.3, 0.4) is 0 Å². The van der Waals surface area contributed by atoms with Crippen LogP contribution in [0.1, 0.15) is 11.1 Å². The lowest BCUT2D eigenvalue weighted by Gasteiger charge is -2.30. The van der Waals surface area contributed by atoms with Gasteiger partial charge in [-0.25, -0.2) is 0 Å². The van der Waals surface area contributed by atoms with Gasteiger partial charge in [0.1, 0.15) is 0 Å². The second kappa shape index (κ2) is 6.66. The van der Waals surface area contributed by atoms with Crippen LogP contribution < -0.4 is 4.90 Å². The zero-order valence-electron chi connectivity index (χ0n) is 18.2. The molecule has 0 radical (unpaired) electrons. The molecule has 1 aliphatic rings. The molecule has 0 atom stereocenters. The molecule has 0 N–H and O–H groups in total. The van der Waals surface area contributed by atoms with Crippen molar-refractivity contribution in [2.45, 2.75) is 23.6 Å². The van der Waals surface area contributed by atoms with Gasteiger partial charge in [0.2, 0.25) is 0 Å². The summed E-state index contributed by atoms with van der Waals surface area (Å²) in [5.74, 6) is 0. The summed E-state index contributed by atoms with van der Waals surface area (Å²) in [7, 11) is 4.33. The van der Waals surface area contributed by atoms with Crippen molar-refractivity contribution < 1.29 is 0 Å². The third-order valence-electron chi connectivity index (χ3n) is 6.51. The Balaban J connectivity index is 1.48. The van der Waals surface area contributed by atoms with Gasteiger partial charge < -0.3 is 9.47 Å². The quantitative estimate of drug-likeness (QED) is 0.273. The molecule has 1 aromatic heterocycles. The third kappa shape index (κ3) is 2.80. The van der Waals surface area contributed by atoms with Gasteiger partial charge in [0.05, 0.1) is 11.4 Å². The van der Waals surface area contributed by atoms with E-state index in [1.807, 2.05) is 11.8 Å². The Morgan fingerprint density at radius 3 is 1.94 bits per heavy atom. The molecule has 0 saturated carbocycles. The van der Waals surface area contributed by atoms with Gasteiger partial charge in [-0.3, -0.25) is 0 Å². The van der Waals surface area contributed by atoms with Crippen molar-refractivity contribution in [2.75, 3.05) is 11.9 Å². The Morgan fingerprint density at radius 2 is 1.13 bits per heavy atom. The maximum atomic E-state index is 2.34. The van der Waals surface area contributed by atoms with Crippen LogP contribution in [0.4, 0.5) is 11.4 Å². The summed E-state index contributed by atoms with van der Waals surface area (Å²) < 4.78 is 2.32. The van der Waals surface area contributed by atoms with Gasteiger partial charge in [0.15, 0.2) is 0 Å². The zero-order chi connectivity index (χ0) is 21.3. The van der Waals surface area contributed by atoms with E-state index < -0.39 is 0 Å². The molecule has 6 rings (SSSR count). The number of aryl methyl sites for hydroxylation is 3. The molecule has 3 heteroatoms. The summed E-state index contributed by atoms with van der Waals surface area (Å²) in [6.07, 6.45) is 0. The monoisotopic (exact) mass is 420 g/mol. The number of hydrogen-bond acceptors (Lipinski definition) is 2. The maximum absolute atomic E-state index is 2.34. The highest BCUT2D eigenvalue weighted by Crippen LogP contribution is 2.48. The van der Waals surface area contributed by atoms with Crippen LogP contribution in [-0.2, 0) is 7.05 Å². The number of rotatable bonds is 1. The minimum atomic E-state index is 1.26. The second-order valence-corrected chi connectivity index (χ2v) is 9.71.